The highest BCUT2D eigenvalue weighted by Crippen LogP contribution is 2.23. The number of nitrogens with one attached hydrogen (secondary N) is 2. The molecule has 31 heavy (non-hydrogen) atoms. The molecule has 0 spiro atoms. The number of benzene rings is 1. The van der Waals surface area contributed by atoms with Crippen molar-refractivity contribution in [2.24, 2.45) is 0 Å². The second-order valence-electron chi connectivity index (χ2n) is 7.83. The molecule has 11 heteroatoms. The lowest BCUT2D eigenvalue weighted by Crippen LogP contribution is -2.50. The molecule has 1 aromatic heterocycles. The normalized spacial score (nSPS) is 23.5. The third kappa shape index (κ3) is 5.05. The van der Waals surface area contributed by atoms with E-state index in [4.69, 9.17) is 0 Å². The standard InChI is InChI=1S/C20H24N4O5S2/c25-20(22-18-13-30(26,27)14-19(18)24-11-1-2-12-24)15-3-5-17(6-4-15)31(28,29)23-16-7-9-21-10-8-16/h3-10,18-19H,1-2,11-14H2,(H,21,23)(H,22,25). The molecule has 0 bridgehead atoms. The molecule has 3 heterocycles. The zero-order chi connectivity index (χ0) is 22.1. The van der Waals surface area contributed by atoms with Gasteiger partial charge in [-0.2, -0.15) is 0 Å². The maximum Gasteiger partial charge on any atom is 0.261 e. The van der Waals surface area contributed by atoms with Crippen LogP contribution in [0.1, 0.15) is 23.2 Å². The zero-order valence-electron chi connectivity index (χ0n) is 16.8. The van der Waals surface area contributed by atoms with E-state index in [1.54, 1.807) is 0 Å². The third-order valence-electron chi connectivity index (χ3n) is 5.61. The number of aromatic nitrogens is 1. The van der Waals surface area contributed by atoms with E-state index in [1.807, 2.05) is 0 Å². The highest BCUT2D eigenvalue weighted by atomic mass is 32.2. The van der Waals surface area contributed by atoms with Crippen LogP contribution in [0.25, 0.3) is 0 Å². The van der Waals surface area contributed by atoms with E-state index >= 15 is 0 Å². The first kappa shape index (κ1) is 21.7. The number of anilines is 1. The number of rotatable bonds is 6. The number of carbonyl (C=O) groups excluding carboxylic acids is 1. The van der Waals surface area contributed by atoms with Crippen molar-refractivity contribution in [1.82, 2.24) is 15.2 Å². The first-order valence-corrected chi connectivity index (χ1v) is 13.3. The second-order valence-corrected chi connectivity index (χ2v) is 11.7. The van der Waals surface area contributed by atoms with Gasteiger partial charge in [-0.05, 0) is 62.3 Å². The fourth-order valence-corrected chi connectivity index (χ4v) is 7.08. The summed E-state index contributed by atoms with van der Waals surface area (Å²) in [6.45, 7) is 1.67. The van der Waals surface area contributed by atoms with Crippen molar-refractivity contribution in [3.05, 3.63) is 54.4 Å². The van der Waals surface area contributed by atoms with Gasteiger partial charge in [-0.15, -0.1) is 0 Å². The summed E-state index contributed by atoms with van der Waals surface area (Å²) in [5.41, 5.74) is 0.652. The highest BCUT2D eigenvalue weighted by molar-refractivity contribution is 7.92. The molecule has 4 rings (SSSR count). The summed E-state index contributed by atoms with van der Waals surface area (Å²) in [6.07, 6.45) is 5.01. The molecule has 166 valence electrons. The predicted octanol–water partition coefficient (Wildman–Crippen LogP) is 0.874. The topological polar surface area (TPSA) is 126 Å². The van der Waals surface area contributed by atoms with Gasteiger partial charge in [0.15, 0.2) is 9.84 Å². The minimum Gasteiger partial charge on any atom is -0.347 e. The summed E-state index contributed by atoms with van der Waals surface area (Å²) in [6, 6.07) is 7.91. The van der Waals surface area contributed by atoms with Crippen LogP contribution in [0.4, 0.5) is 5.69 Å². The van der Waals surface area contributed by atoms with E-state index in [0.717, 1.165) is 25.9 Å². The van der Waals surface area contributed by atoms with Crippen molar-refractivity contribution < 1.29 is 21.6 Å². The van der Waals surface area contributed by atoms with Gasteiger partial charge in [-0.3, -0.25) is 19.4 Å². The molecule has 2 atom stereocenters. The maximum atomic E-state index is 12.7. The van der Waals surface area contributed by atoms with E-state index < -0.39 is 31.8 Å². The smallest absolute Gasteiger partial charge is 0.261 e. The Morgan fingerprint density at radius 3 is 2.29 bits per heavy atom. The van der Waals surface area contributed by atoms with Gasteiger partial charge in [0.2, 0.25) is 0 Å². The van der Waals surface area contributed by atoms with E-state index in [2.05, 4.69) is 19.9 Å². The Labute approximate surface area is 181 Å². The van der Waals surface area contributed by atoms with Crippen LogP contribution in [0, 0.1) is 0 Å². The Balaban J connectivity index is 1.45. The van der Waals surface area contributed by atoms with Crippen molar-refractivity contribution >= 4 is 31.5 Å². The monoisotopic (exact) mass is 464 g/mol. The average molecular weight is 465 g/mol. The van der Waals surface area contributed by atoms with E-state index in [9.17, 15) is 21.6 Å². The lowest BCUT2D eigenvalue weighted by Gasteiger charge is -2.28. The van der Waals surface area contributed by atoms with Crippen LogP contribution in [0.2, 0.25) is 0 Å². The fourth-order valence-electron chi connectivity index (χ4n) is 4.07. The van der Waals surface area contributed by atoms with Gasteiger partial charge in [-0.1, -0.05) is 0 Å². The summed E-state index contributed by atoms with van der Waals surface area (Å²) in [5, 5.41) is 2.84. The van der Waals surface area contributed by atoms with E-state index in [0.29, 0.717) is 5.69 Å². The van der Waals surface area contributed by atoms with Gasteiger partial charge < -0.3 is 5.32 Å². The molecule has 2 N–H and O–H groups in total. The van der Waals surface area contributed by atoms with Gasteiger partial charge in [0.1, 0.15) is 0 Å². The van der Waals surface area contributed by atoms with Crippen molar-refractivity contribution in [2.45, 2.75) is 29.8 Å². The molecule has 2 unspecified atom stereocenters. The SMILES string of the molecule is O=C(NC1CS(=O)(=O)CC1N1CCCC1)c1ccc(S(=O)(=O)Nc2ccncc2)cc1. The summed E-state index contributed by atoms with van der Waals surface area (Å²) in [7, 11) is -7.02. The van der Waals surface area contributed by atoms with Gasteiger partial charge >= 0.3 is 0 Å². The van der Waals surface area contributed by atoms with Gasteiger partial charge in [0, 0.05) is 24.0 Å². The first-order chi connectivity index (χ1) is 14.7. The molecule has 0 saturated carbocycles. The van der Waals surface area contributed by atoms with Crippen LogP contribution in [-0.4, -0.2) is 69.3 Å². The van der Waals surface area contributed by atoms with Crippen LogP contribution >= 0.6 is 0 Å². The summed E-state index contributed by atoms with van der Waals surface area (Å²) >= 11 is 0. The molecule has 9 nitrogen and oxygen atoms in total. The van der Waals surface area contributed by atoms with Gasteiger partial charge in [0.25, 0.3) is 15.9 Å². The summed E-state index contributed by atoms with van der Waals surface area (Å²) in [4.78, 5) is 18.7. The number of likely N-dealkylation sites (tertiary alicyclic amines) is 1. The molecule has 1 amide bonds. The average Bonchev–Trinajstić information content (AvgIpc) is 3.36. The molecule has 0 radical (unpaired) electrons. The zero-order valence-corrected chi connectivity index (χ0v) is 18.4. The largest absolute Gasteiger partial charge is 0.347 e. The highest BCUT2D eigenvalue weighted by Gasteiger charge is 2.42. The molecule has 2 fully saturated rings. The van der Waals surface area contributed by atoms with E-state index in [-0.39, 0.29) is 28.0 Å². The lowest BCUT2D eigenvalue weighted by atomic mass is 10.1. The summed E-state index contributed by atoms with van der Waals surface area (Å²) < 4.78 is 51.8. The fraction of sp³-hybridized carbons (Fsp3) is 0.400. The Morgan fingerprint density at radius 2 is 1.65 bits per heavy atom. The Hall–Kier alpha value is -2.50. The molecule has 2 saturated heterocycles. The minimum absolute atomic E-state index is 0.0132. The molecular weight excluding hydrogens is 440 g/mol. The number of nitrogens with zero attached hydrogens (tertiary/aromatic N) is 2. The van der Waals surface area contributed by atoms with Crippen molar-refractivity contribution in [3.8, 4) is 0 Å². The van der Waals surface area contributed by atoms with Crippen LogP contribution in [0.5, 0.6) is 0 Å². The number of hydrogen-bond acceptors (Lipinski definition) is 7. The maximum absolute atomic E-state index is 12.7. The molecule has 2 aliphatic heterocycles. The number of carbonyl (C=O) groups is 1. The lowest BCUT2D eigenvalue weighted by molar-refractivity contribution is 0.0918. The van der Waals surface area contributed by atoms with Gasteiger partial charge in [-0.25, -0.2) is 16.8 Å². The Morgan fingerprint density at radius 1 is 1.00 bits per heavy atom. The summed E-state index contributed by atoms with van der Waals surface area (Å²) in [5.74, 6) is -0.449. The number of amides is 1. The van der Waals surface area contributed by atoms with Crippen molar-refractivity contribution in [2.75, 3.05) is 29.3 Å². The van der Waals surface area contributed by atoms with E-state index in [1.165, 1.54) is 48.8 Å². The van der Waals surface area contributed by atoms with Crippen LogP contribution < -0.4 is 10.0 Å². The van der Waals surface area contributed by atoms with Crippen LogP contribution in [0.15, 0.2) is 53.7 Å². The minimum atomic E-state index is -3.81. The van der Waals surface area contributed by atoms with Crippen LogP contribution in [-0.2, 0) is 19.9 Å². The molecule has 0 aliphatic carbocycles. The van der Waals surface area contributed by atoms with Crippen LogP contribution in [0.3, 0.4) is 0 Å². The molecule has 2 aromatic rings. The molecule has 1 aromatic carbocycles. The number of pyridine rings is 1. The number of sulfone groups is 1. The first-order valence-electron chi connectivity index (χ1n) is 10.0. The number of hydrogen-bond donors (Lipinski definition) is 2. The Kier molecular flexibility index (Phi) is 6.00. The quantitative estimate of drug-likeness (QED) is 0.650. The molecule has 2 aliphatic rings. The van der Waals surface area contributed by atoms with Gasteiger partial charge in [0.05, 0.1) is 28.1 Å². The van der Waals surface area contributed by atoms with Crippen molar-refractivity contribution in [3.63, 3.8) is 0 Å². The third-order valence-corrected chi connectivity index (χ3v) is 8.72. The number of sulfonamides is 1. The second kappa shape index (κ2) is 8.56. The Bertz CT molecular complexity index is 1150. The predicted molar refractivity (Wildman–Crippen MR) is 116 cm³/mol. The van der Waals surface area contributed by atoms with Crippen molar-refractivity contribution in [1.29, 1.82) is 0 Å². The molecular formula is C20H24N4O5S2.